The summed E-state index contributed by atoms with van der Waals surface area (Å²) in [5, 5.41) is 3.78. The van der Waals surface area contributed by atoms with Crippen molar-refractivity contribution in [3.63, 3.8) is 0 Å². The lowest BCUT2D eigenvalue weighted by molar-refractivity contribution is 0.0938. The number of pyridine rings is 1. The van der Waals surface area contributed by atoms with E-state index in [1.165, 1.54) is 11.1 Å². The molecular formula is C35H34ClN5O. The Morgan fingerprint density at radius 3 is 2.10 bits per heavy atom. The van der Waals surface area contributed by atoms with Gasteiger partial charge in [-0.1, -0.05) is 90.5 Å². The van der Waals surface area contributed by atoms with E-state index in [1.54, 1.807) is 18.7 Å². The third-order valence-corrected chi connectivity index (χ3v) is 8.56. The third-order valence-electron chi connectivity index (χ3n) is 8.31. The van der Waals surface area contributed by atoms with Crippen molar-refractivity contribution in [1.29, 1.82) is 0 Å². The number of rotatable bonds is 9. The second-order valence-corrected chi connectivity index (χ2v) is 11.4. The van der Waals surface area contributed by atoms with E-state index in [0.717, 1.165) is 42.8 Å². The summed E-state index contributed by atoms with van der Waals surface area (Å²) in [5.74, 6) is -0.139. The molecule has 5 aromatic rings. The van der Waals surface area contributed by atoms with Crippen molar-refractivity contribution in [2.24, 2.45) is 0 Å². The molecule has 3 aromatic carbocycles. The van der Waals surface area contributed by atoms with Crippen LogP contribution in [0.15, 0.2) is 116 Å². The van der Waals surface area contributed by atoms with Gasteiger partial charge in [0.1, 0.15) is 5.69 Å². The summed E-state index contributed by atoms with van der Waals surface area (Å²) in [7, 11) is 0. The van der Waals surface area contributed by atoms with Crippen molar-refractivity contribution in [1.82, 2.24) is 24.8 Å². The second-order valence-electron chi connectivity index (χ2n) is 10.9. The van der Waals surface area contributed by atoms with Crippen LogP contribution in [0.2, 0.25) is 5.02 Å². The summed E-state index contributed by atoms with van der Waals surface area (Å²) >= 11 is 6.11. The summed E-state index contributed by atoms with van der Waals surface area (Å²) in [4.78, 5) is 25.0. The number of hydrogen-bond acceptors (Lipinski definition) is 4. The van der Waals surface area contributed by atoms with Gasteiger partial charge in [-0.3, -0.25) is 14.7 Å². The lowest BCUT2D eigenvalue weighted by Gasteiger charge is -2.43. The molecule has 0 aliphatic carbocycles. The first-order chi connectivity index (χ1) is 20.6. The van der Waals surface area contributed by atoms with Gasteiger partial charge in [-0.15, -0.1) is 0 Å². The third kappa shape index (κ3) is 6.15. The number of likely N-dealkylation sites (tertiary alicyclic amines) is 1. The lowest BCUT2D eigenvalue weighted by atomic mass is 9.68. The number of benzene rings is 3. The van der Waals surface area contributed by atoms with Crippen LogP contribution in [0.3, 0.4) is 0 Å². The first kappa shape index (κ1) is 27.9. The minimum absolute atomic E-state index is 0.0309. The minimum Gasteiger partial charge on any atom is -0.347 e. The molecule has 7 heteroatoms. The van der Waals surface area contributed by atoms with Gasteiger partial charge >= 0.3 is 0 Å². The van der Waals surface area contributed by atoms with Crippen LogP contribution >= 0.6 is 11.6 Å². The predicted octanol–water partition coefficient (Wildman–Crippen LogP) is 6.49. The van der Waals surface area contributed by atoms with Crippen molar-refractivity contribution in [2.45, 2.75) is 37.9 Å². The van der Waals surface area contributed by atoms with E-state index in [-0.39, 0.29) is 11.3 Å². The van der Waals surface area contributed by atoms with E-state index in [1.807, 2.05) is 41.0 Å². The van der Waals surface area contributed by atoms with E-state index < -0.39 is 0 Å². The Morgan fingerprint density at radius 1 is 0.810 bits per heavy atom. The first-order valence-corrected chi connectivity index (χ1v) is 14.8. The summed E-state index contributed by atoms with van der Waals surface area (Å²) < 4.78 is 1.94. The molecule has 6 rings (SSSR count). The number of aromatic nitrogens is 3. The number of imidazole rings is 1. The Labute approximate surface area is 252 Å². The molecule has 0 saturated carbocycles. The SMILES string of the molecule is O=C(NCc1cccnc1)c1c(CN2CCC(c3ccccc3)(c3ccccc3)CC2)ncn1Cc1ccc(Cl)cc1. The highest BCUT2D eigenvalue weighted by molar-refractivity contribution is 6.30. The van der Waals surface area contributed by atoms with E-state index in [2.05, 4.69) is 75.9 Å². The summed E-state index contributed by atoms with van der Waals surface area (Å²) in [6.07, 6.45) is 7.27. The number of nitrogens with one attached hydrogen (secondary N) is 1. The van der Waals surface area contributed by atoms with Crippen molar-refractivity contribution < 1.29 is 4.79 Å². The van der Waals surface area contributed by atoms with Crippen LogP contribution in [0, 0.1) is 0 Å². The number of hydrogen-bond donors (Lipinski definition) is 1. The lowest BCUT2D eigenvalue weighted by Crippen LogP contribution is -2.43. The van der Waals surface area contributed by atoms with Gasteiger partial charge in [0.15, 0.2) is 0 Å². The average molecular weight is 576 g/mol. The topological polar surface area (TPSA) is 63.1 Å². The maximum Gasteiger partial charge on any atom is 0.270 e. The molecule has 1 aliphatic heterocycles. The van der Waals surface area contributed by atoms with E-state index >= 15 is 0 Å². The van der Waals surface area contributed by atoms with Crippen LogP contribution in [0.4, 0.5) is 0 Å². The molecule has 1 fully saturated rings. The van der Waals surface area contributed by atoms with Crippen molar-refractivity contribution in [3.05, 3.63) is 154 Å². The fourth-order valence-corrected chi connectivity index (χ4v) is 6.17. The Morgan fingerprint density at radius 2 is 1.48 bits per heavy atom. The van der Waals surface area contributed by atoms with Crippen molar-refractivity contribution in [2.75, 3.05) is 13.1 Å². The van der Waals surface area contributed by atoms with Gasteiger partial charge in [-0.2, -0.15) is 0 Å². The zero-order valence-corrected chi connectivity index (χ0v) is 24.3. The van der Waals surface area contributed by atoms with Crippen molar-refractivity contribution in [3.8, 4) is 0 Å². The largest absolute Gasteiger partial charge is 0.347 e. The van der Waals surface area contributed by atoms with Gasteiger partial charge in [-0.05, 0) is 66.4 Å². The van der Waals surface area contributed by atoms with Gasteiger partial charge < -0.3 is 9.88 Å². The molecule has 3 heterocycles. The molecule has 212 valence electrons. The number of amides is 1. The Kier molecular flexibility index (Phi) is 8.45. The molecule has 1 saturated heterocycles. The van der Waals surface area contributed by atoms with Crippen LogP contribution in [-0.4, -0.2) is 38.4 Å². The van der Waals surface area contributed by atoms with Crippen LogP contribution in [-0.2, 0) is 25.0 Å². The molecule has 1 N–H and O–H groups in total. The molecule has 42 heavy (non-hydrogen) atoms. The quantitative estimate of drug-likeness (QED) is 0.218. The monoisotopic (exact) mass is 575 g/mol. The number of halogens is 1. The number of carbonyl (C=O) groups is 1. The number of piperidine rings is 1. The van der Waals surface area contributed by atoms with Gasteiger partial charge in [0, 0.05) is 42.5 Å². The van der Waals surface area contributed by atoms with Crippen LogP contribution < -0.4 is 5.32 Å². The predicted molar refractivity (Wildman–Crippen MR) is 166 cm³/mol. The normalized spacial score (nSPS) is 14.9. The average Bonchev–Trinajstić information content (AvgIpc) is 3.44. The van der Waals surface area contributed by atoms with E-state index in [4.69, 9.17) is 16.6 Å². The maximum atomic E-state index is 13.6. The summed E-state index contributed by atoms with van der Waals surface area (Å²) in [5.41, 5.74) is 6.08. The van der Waals surface area contributed by atoms with E-state index in [0.29, 0.717) is 30.4 Å². The molecule has 1 amide bonds. The fourth-order valence-electron chi connectivity index (χ4n) is 6.04. The number of carbonyl (C=O) groups excluding carboxylic acids is 1. The van der Waals surface area contributed by atoms with Crippen molar-refractivity contribution >= 4 is 17.5 Å². The van der Waals surface area contributed by atoms with Crippen LogP contribution in [0.5, 0.6) is 0 Å². The zero-order valence-electron chi connectivity index (χ0n) is 23.5. The highest BCUT2D eigenvalue weighted by Crippen LogP contribution is 2.42. The molecule has 0 radical (unpaired) electrons. The molecular weight excluding hydrogens is 542 g/mol. The first-order valence-electron chi connectivity index (χ1n) is 14.4. The molecule has 6 nitrogen and oxygen atoms in total. The molecule has 0 spiro atoms. The molecule has 0 atom stereocenters. The summed E-state index contributed by atoms with van der Waals surface area (Å²) in [6, 6.07) is 33.3. The highest BCUT2D eigenvalue weighted by atomic mass is 35.5. The smallest absolute Gasteiger partial charge is 0.270 e. The molecule has 1 aliphatic rings. The standard InChI is InChI=1S/C35H34ClN5O/c36-31-15-13-27(14-16-31)24-41-26-39-32(33(41)34(42)38-23-28-8-7-19-37-22-28)25-40-20-17-35(18-21-40,29-9-3-1-4-10-29)30-11-5-2-6-12-30/h1-16,19,22,26H,17-18,20-21,23-25H2,(H,38,42). The molecule has 0 unspecified atom stereocenters. The highest BCUT2D eigenvalue weighted by Gasteiger charge is 2.38. The van der Waals surface area contributed by atoms with Crippen LogP contribution in [0.25, 0.3) is 0 Å². The molecule has 0 bridgehead atoms. The minimum atomic E-state index is -0.139. The van der Waals surface area contributed by atoms with Gasteiger partial charge in [-0.25, -0.2) is 4.98 Å². The van der Waals surface area contributed by atoms with Gasteiger partial charge in [0.2, 0.25) is 0 Å². The Hall–Kier alpha value is -4.26. The Balaban J connectivity index is 1.23. The second kappa shape index (κ2) is 12.7. The zero-order chi connectivity index (χ0) is 28.8. The van der Waals surface area contributed by atoms with Gasteiger partial charge in [0.05, 0.1) is 12.0 Å². The summed E-state index contributed by atoms with van der Waals surface area (Å²) in [6.45, 7) is 3.36. The number of nitrogens with zero attached hydrogens (tertiary/aromatic N) is 4. The Bertz CT molecular complexity index is 1550. The fraction of sp³-hybridized carbons (Fsp3) is 0.229. The van der Waals surface area contributed by atoms with Gasteiger partial charge in [0.25, 0.3) is 5.91 Å². The molecule has 2 aromatic heterocycles. The maximum absolute atomic E-state index is 13.6. The van der Waals surface area contributed by atoms with Crippen LogP contribution in [0.1, 0.15) is 51.3 Å². The van der Waals surface area contributed by atoms with E-state index in [9.17, 15) is 4.79 Å².